The first-order valence-corrected chi connectivity index (χ1v) is 11.8. The van der Waals surface area contributed by atoms with Crippen molar-refractivity contribution in [2.75, 3.05) is 13.1 Å². The van der Waals surface area contributed by atoms with E-state index in [-0.39, 0.29) is 23.9 Å². The summed E-state index contributed by atoms with van der Waals surface area (Å²) in [5, 5.41) is 0.938. The molecule has 0 radical (unpaired) electrons. The lowest BCUT2D eigenvalue weighted by molar-refractivity contribution is -0.155. The van der Waals surface area contributed by atoms with E-state index in [0.29, 0.717) is 31.5 Å². The maximum Gasteiger partial charge on any atom is 0.309 e. The van der Waals surface area contributed by atoms with Gasteiger partial charge in [0.25, 0.3) is 5.91 Å². The Morgan fingerprint density at radius 1 is 1.03 bits per heavy atom. The molecule has 3 aromatic rings. The number of hydrogen-bond donors (Lipinski definition) is 0. The molecule has 1 saturated heterocycles. The minimum absolute atomic E-state index is 0.0229. The lowest BCUT2D eigenvalue weighted by atomic mass is 9.96. The van der Waals surface area contributed by atoms with Crippen LogP contribution in [0.25, 0.3) is 10.6 Å². The number of aromatic nitrogens is 1. The van der Waals surface area contributed by atoms with Gasteiger partial charge < -0.3 is 9.64 Å². The predicted octanol–water partition coefficient (Wildman–Crippen LogP) is 5.58. The van der Waals surface area contributed by atoms with E-state index >= 15 is 0 Å². The van der Waals surface area contributed by atoms with Crippen LogP contribution in [0.4, 0.5) is 0 Å². The first-order valence-electron chi connectivity index (χ1n) is 11.0. The van der Waals surface area contributed by atoms with Crippen molar-refractivity contribution in [1.82, 2.24) is 9.88 Å². The molecule has 1 amide bonds. The smallest absolute Gasteiger partial charge is 0.309 e. The number of amides is 1. The molecule has 6 heteroatoms. The molecule has 1 aliphatic rings. The highest BCUT2D eigenvalue weighted by Gasteiger charge is 2.30. The second-order valence-corrected chi connectivity index (χ2v) is 9.38. The van der Waals surface area contributed by atoms with Gasteiger partial charge in [0.15, 0.2) is 0 Å². The second-order valence-electron chi connectivity index (χ2n) is 8.35. The molecule has 166 valence electrons. The van der Waals surface area contributed by atoms with Crippen molar-refractivity contribution < 1.29 is 14.3 Å². The van der Waals surface area contributed by atoms with E-state index in [1.165, 1.54) is 5.56 Å². The highest BCUT2D eigenvalue weighted by Crippen LogP contribution is 2.34. The van der Waals surface area contributed by atoms with Crippen LogP contribution in [-0.4, -0.2) is 34.8 Å². The molecule has 1 fully saturated rings. The van der Waals surface area contributed by atoms with E-state index in [1.54, 1.807) is 11.3 Å². The first-order chi connectivity index (χ1) is 15.4. The molecular formula is C26H28N2O3S. The third-order valence-corrected chi connectivity index (χ3v) is 7.30. The molecule has 4 rings (SSSR count). The van der Waals surface area contributed by atoms with Crippen molar-refractivity contribution in [2.45, 2.75) is 39.7 Å². The number of aryl methyl sites for hydroxylation is 2. The van der Waals surface area contributed by atoms with Gasteiger partial charge in [-0.05, 0) is 45.7 Å². The van der Waals surface area contributed by atoms with Gasteiger partial charge in [-0.3, -0.25) is 9.59 Å². The zero-order valence-electron chi connectivity index (χ0n) is 18.7. The zero-order valence-corrected chi connectivity index (χ0v) is 19.5. The number of thiazole rings is 1. The van der Waals surface area contributed by atoms with Gasteiger partial charge in [0.2, 0.25) is 0 Å². The third kappa shape index (κ3) is 4.91. The fourth-order valence-electron chi connectivity index (χ4n) is 4.01. The summed E-state index contributed by atoms with van der Waals surface area (Å²) in [4.78, 5) is 32.9. The van der Waals surface area contributed by atoms with Crippen LogP contribution >= 0.6 is 11.3 Å². The third-order valence-electron chi connectivity index (χ3n) is 5.93. The Morgan fingerprint density at radius 2 is 1.69 bits per heavy atom. The number of benzene rings is 2. The van der Waals surface area contributed by atoms with Gasteiger partial charge in [-0.25, -0.2) is 4.98 Å². The molecule has 1 aromatic heterocycles. The number of piperidine rings is 1. The molecular weight excluding hydrogens is 420 g/mol. The summed E-state index contributed by atoms with van der Waals surface area (Å²) < 4.78 is 5.83. The SMILES string of the molecule is Cc1ccc(-c2nc(C)c([C@H](C)OC(=O)C3CCN(C(=O)c4ccccc4)CC3)s2)cc1. The number of hydrogen-bond acceptors (Lipinski definition) is 5. The van der Waals surface area contributed by atoms with E-state index in [0.717, 1.165) is 21.1 Å². The standard InChI is InChI=1S/C26H28N2O3S/c1-17-9-11-20(12-10-17)24-27-18(2)23(32-24)19(3)31-26(30)22-13-15-28(16-14-22)25(29)21-7-5-4-6-8-21/h4-12,19,22H,13-16H2,1-3H3/t19-/m0/s1. The molecule has 2 aromatic carbocycles. The molecule has 0 saturated carbocycles. The van der Waals surface area contributed by atoms with Crippen LogP contribution in [0.3, 0.4) is 0 Å². The molecule has 32 heavy (non-hydrogen) atoms. The normalized spacial score (nSPS) is 15.4. The molecule has 0 unspecified atom stereocenters. The molecule has 5 nitrogen and oxygen atoms in total. The fourth-order valence-corrected chi connectivity index (χ4v) is 5.06. The quantitative estimate of drug-likeness (QED) is 0.478. The zero-order chi connectivity index (χ0) is 22.7. The number of carbonyl (C=O) groups is 2. The van der Waals surface area contributed by atoms with Gasteiger partial charge in [-0.15, -0.1) is 11.3 Å². The minimum Gasteiger partial charge on any atom is -0.457 e. The Kier molecular flexibility index (Phi) is 6.70. The Morgan fingerprint density at radius 3 is 2.34 bits per heavy atom. The number of ether oxygens (including phenoxy) is 1. The van der Waals surface area contributed by atoms with E-state index in [2.05, 4.69) is 31.2 Å². The largest absolute Gasteiger partial charge is 0.457 e. The van der Waals surface area contributed by atoms with Crippen LogP contribution < -0.4 is 0 Å². The maximum absolute atomic E-state index is 12.8. The van der Waals surface area contributed by atoms with Gasteiger partial charge in [-0.2, -0.15) is 0 Å². The Bertz CT molecular complexity index is 1080. The van der Waals surface area contributed by atoms with Gasteiger partial charge in [-0.1, -0.05) is 48.0 Å². The number of rotatable bonds is 5. The van der Waals surface area contributed by atoms with Crippen LogP contribution in [0.1, 0.15) is 52.4 Å². The Labute approximate surface area is 193 Å². The van der Waals surface area contributed by atoms with Crippen LogP contribution in [-0.2, 0) is 9.53 Å². The highest BCUT2D eigenvalue weighted by molar-refractivity contribution is 7.15. The Hall–Kier alpha value is -2.99. The van der Waals surface area contributed by atoms with Crippen molar-refractivity contribution in [3.8, 4) is 10.6 Å². The summed E-state index contributed by atoms with van der Waals surface area (Å²) in [6.45, 7) is 7.07. The fraction of sp³-hybridized carbons (Fsp3) is 0.346. The summed E-state index contributed by atoms with van der Waals surface area (Å²) >= 11 is 1.58. The average molecular weight is 449 g/mol. The van der Waals surface area contributed by atoms with Gasteiger partial charge in [0, 0.05) is 24.2 Å². The van der Waals surface area contributed by atoms with Crippen LogP contribution in [0.15, 0.2) is 54.6 Å². The maximum atomic E-state index is 12.8. The van der Waals surface area contributed by atoms with Crippen molar-refractivity contribution in [3.63, 3.8) is 0 Å². The van der Waals surface area contributed by atoms with E-state index in [4.69, 9.17) is 9.72 Å². The van der Waals surface area contributed by atoms with Crippen molar-refractivity contribution in [2.24, 2.45) is 5.92 Å². The summed E-state index contributed by atoms with van der Waals surface area (Å²) in [5.41, 5.74) is 3.87. The van der Waals surface area contributed by atoms with Crippen LogP contribution in [0.5, 0.6) is 0 Å². The molecule has 0 spiro atoms. The molecule has 2 heterocycles. The van der Waals surface area contributed by atoms with Crippen LogP contribution in [0, 0.1) is 19.8 Å². The molecule has 1 atom stereocenters. The molecule has 0 bridgehead atoms. The summed E-state index contributed by atoms with van der Waals surface area (Å²) in [5.74, 6) is -0.342. The lowest BCUT2D eigenvalue weighted by Crippen LogP contribution is -2.40. The molecule has 0 aliphatic carbocycles. The van der Waals surface area contributed by atoms with Crippen molar-refractivity contribution in [3.05, 3.63) is 76.3 Å². The van der Waals surface area contributed by atoms with Crippen LogP contribution in [0.2, 0.25) is 0 Å². The predicted molar refractivity (Wildman–Crippen MR) is 127 cm³/mol. The monoisotopic (exact) mass is 448 g/mol. The number of nitrogens with zero attached hydrogens (tertiary/aromatic N) is 2. The van der Waals surface area contributed by atoms with Gasteiger partial charge >= 0.3 is 5.97 Å². The molecule has 1 aliphatic heterocycles. The summed E-state index contributed by atoms with van der Waals surface area (Å²) in [7, 11) is 0. The van der Waals surface area contributed by atoms with Gasteiger partial charge in [0.05, 0.1) is 16.5 Å². The van der Waals surface area contributed by atoms with Crippen molar-refractivity contribution in [1.29, 1.82) is 0 Å². The summed E-state index contributed by atoms with van der Waals surface area (Å²) in [6.07, 6.45) is 0.907. The minimum atomic E-state index is -0.344. The first kappa shape index (κ1) is 22.2. The molecule has 0 N–H and O–H groups in total. The highest BCUT2D eigenvalue weighted by atomic mass is 32.1. The van der Waals surface area contributed by atoms with E-state index < -0.39 is 0 Å². The number of carbonyl (C=O) groups excluding carboxylic acids is 2. The van der Waals surface area contributed by atoms with Gasteiger partial charge in [0.1, 0.15) is 11.1 Å². The topological polar surface area (TPSA) is 59.5 Å². The van der Waals surface area contributed by atoms with E-state index in [1.807, 2.05) is 49.1 Å². The van der Waals surface area contributed by atoms with E-state index in [9.17, 15) is 9.59 Å². The second kappa shape index (κ2) is 9.65. The average Bonchev–Trinajstić information content (AvgIpc) is 3.21. The lowest BCUT2D eigenvalue weighted by Gasteiger charge is -2.31. The number of esters is 1. The number of likely N-dealkylation sites (tertiary alicyclic amines) is 1. The summed E-state index contributed by atoms with van der Waals surface area (Å²) in [6, 6.07) is 17.6. The Balaban J connectivity index is 1.34. The van der Waals surface area contributed by atoms with Crippen molar-refractivity contribution >= 4 is 23.2 Å².